The zero-order valence-electron chi connectivity index (χ0n) is 19.3. The second kappa shape index (κ2) is 8.60. The molecule has 3 aliphatic rings. The summed E-state index contributed by atoms with van der Waals surface area (Å²) in [6, 6.07) is 16.0. The lowest BCUT2D eigenvalue weighted by atomic mass is 9.94. The maximum atomic E-state index is 13.5. The summed E-state index contributed by atoms with van der Waals surface area (Å²) in [5.41, 5.74) is 3.17. The molecule has 5 rings (SSSR count). The van der Waals surface area contributed by atoms with Gasteiger partial charge in [-0.3, -0.25) is 4.79 Å². The van der Waals surface area contributed by atoms with Gasteiger partial charge in [0.25, 0.3) is 10.0 Å². The fourth-order valence-electron chi connectivity index (χ4n) is 4.87. The van der Waals surface area contributed by atoms with Gasteiger partial charge in [-0.2, -0.15) is 8.42 Å². The number of amides is 1. The summed E-state index contributed by atoms with van der Waals surface area (Å²) in [6.45, 7) is 6.32. The molecule has 1 amide bonds. The minimum Gasteiger partial charge on any atom is -0.355 e. The van der Waals surface area contributed by atoms with Crippen LogP contribution in [0.2, 0.25) is 0 Å². The zero-order chi connectivity index (χ0) is 23.2. The third-order valence-corrected chi connectivity index (χ3v) is 8.35. The molecule has 2 aromatic rings. The van der Waals surface area contributed by atoms with Crippen molar-refractivity contribution in [2.75, 3.05) is 13.1 Å². The van der Waals surface area contributed by atoms with E-state index in [9.17, 15) is 13.2 Å². The van der Waals surface area contributed by atoms with Gasteiger partial charge in [-0.15, -0.1) is 4.40 Å². The summed E-state index contributed by atoms with van der Waals surface area (Å²) in [6.07, 6.45) is 3.60. The standard InChI is InChI=1S/C26H31N3O3S/c1-18(2)20-9-7-19(8-10-20)17-29(22-11-12-22)26(30)21-13-15-28(16-14-21)25-23-5-3-4-6-24(23)33(31,32)27-25/h3-10,18,21-22H,11-17H2,1-2H3. The minimum atomic E-state index is -3.62. The molecule has 0 radical (unpaired) electrons. The molecule has 1 saturated carbocycles. The highest BCUT2D eigenvalue weighted by Gasteiger charge is 2.39. The summed E-state index contributed by atoms with van der Waals surface area (Å²) < 4.78 is 28.9. The predicted octanol–water partition coefficient (Wildman–Crippen LogP) is 4.16. The number of amidine groups is 1. The van der Waals surface area contributed by atoms with Gasteiger partial charge in [0.05, 0.1) is 0 Å². The van der Waals surface area contributed by atoms with Crippen LogP contribution in [-0.2, 0) is 21.4 Å². The smallest absolute Gasteiger partial charge is 0.285 e. The number of piperidine rings is 1. The van der Waals surface area contributed by atoms with Gasteiger partial charge in [-0.05, 0) is 54.9 Å². The van der Waals surface area contributed by atoms with Crippen LogP contribution in [0.1, 0.15) is 62.1 Å². The monoisotopic (exact) mass is 465 g/mol. The van der Waals surface area contributed by atoms with E-state index in [1.807, 2.05) is 17.0 Å². The van der Waals surface area contributed by atoms with Gasteiger partial charge in [0.2, 0.25) is 5.91 Å². The second-order valence-corrected chi connectivity index (χ2v) is 11.3. The fourth-order valence-corrected chi connectivity index (χ4v) is 6.09. The predicted molar refractivity (Wildman–Crippen MR) is 129 cm³/mol. The van der Waals surface area contributed by atoms with E-state index in [4.69, 9.17) is 0 Å². The van der Waals surface area contributed by atoms with Crippen LogP contribution in [0.15, 0.2) is 57.8 Å². The van der Waals surface area contributed by atoms with E-state index in [1.54, 1.807) is 12.1 Å². The molecule has 0 unspecified atom stereocenters. The van der Waals surface area contributed by atoms with Crippen molar-refractivity contribution in [3.05, 3.63) is 65.2 Å². The van der Waals surface area contributed by atoms with Gasteiger partial charge < -0.3 is 9.80 Å². The van der Waals surface area contributed by atoms with E-state index in [0.29, 0.717) is 43.0 Å². The molecule has 6 nitrogen and oxygen atoms in total. The van der Waals surface area contributed by atoms with Crippen molar-refractivity contribution < 1.29 is 13.2 Å². The number of likely N-dealkylation sites (tertiary alicyclic amines) is 1. The SMILES string of the molecule is CC(C)c1ccc(CN(C(=O)C2CCN(C3=NS(=O)(=O)c4ccccc43)CC2)C2CC2)cc1. The number of carbonyl (C=O) groups is 1. The maximum Gasteiger partial charge on any atom is 0.285 e. The molecule has 2 heterocycles. The number of fused-ring (bicyclic) bond motifs is 1. The van der Waals surface area contributed by atoms with E-state index in [0.717, 1.165) is 25.7 Å². The van der Waals surface area contributed by atoms with Gasteiger partial charge >= 0.3 is 0 Å². The molecular weight excluding hydrogens is 434 g/mol. The molecule has 2 fully saturated rings. The molecular formula is C26H31N3O3S. The van der Waals surface area contributed by atoms with Crippen LogP contribution in [0.5, 0.6) is 0 Å². The van der Waals surface area contributed by atoms with Crippen molar-refractivity contribution in [1.82, 2.24) is 9.80 Å². The molecule has 1 aliphatic carbocycles. The summed E-state index contributed by atoms with van der Waals surface area (Å²) in [7, 11) is -3.62. The molecule has 2 aromatic carbocycles. The number of carbonyl (C=O) groups excluding carboxylic acids is 1. The van der Waals surface area contributed by atoms with Crippen LogP contribution in [0.25, 0.3) is 0 Å². The van der Waals surface area contributed by atoms with E-state index >= 15 is 0 Å². The molecule has 33 heavy (non-hydrogen) atoms. The van der Waals surface area contributed by atoms with Gasteiger partial charge in [0, 0.05) is 37.2 Å². The lowest BCUT2D eigenvalue weighted by Crippen LogP contribution is -2.44. The van der Waals surface area contributed by atoms with Crippen molar-refractivity contribution in [1.29, 1.82) is 0 Å². The topological polar surface area (TPSA) is 70.1 Å². The van der Waals surface area contributed by atoms with E-state index in [1.165, 1.54) is 11.1 Å². The highest BCUT2D eigenvalue weighted by atomic mass is 32.2. The Balaban J connectivity index is 1.25. The molecule has 0 spiro atoms. The summed E-state index contributed by atoms with van der Waals surface area (Å²) >= 11 is 0. The number of hydrogen-bond acceptors (Lipinski definition) is 4. The minimum absolute atomic E-state index is 0.0226. The summed E-state index contributed by atoms with van der Waals surface area (Å²) in [5, 5.41) is 0. The zero-order valence-corrected chi connectivity index (χ0v) is 20.1. The van der Waals surface area contributed by atoms with Gasteiger partial charge in [-0.1, -0.05) is 50.2 Å². The van der Waals surface area contributed by atoms with Crippen molar-refractivity contribution in [3.8, 4) is 0 Å². The number of benzene rings is 2. The molecule has 0 aromatic heterocycles. The quantitative estimate of drug-likeness (QED) is 0.665. The first-order valence-corrected chi connectivity index (χ1v) is 13.4. The van der Waals surface area contributed by atoms with Crippen LogP contribution >= 0.6 is 0 Å². The Hall–Kier alpha value is -2.67. The highest BCUT2D eigenvalue weighted by molar-refractivity contribution is 7.90. The van der Waals surface area contributed by atoms with Crippen molar-refractivity contribution >= 4 is 21.8 Å². The number of nitrogens with zero attached hydrogens (tertiary/aromatic N) is 3. The Morgan fingerprint density at radius 3 is 2.33 bits per heavy atom. The van der Waals surface area contributed by atoms with Crippen LogP contribution in [0.4, 0.5) is 0 Å². The first kappa shape index (κ1) is 22.1. The average Bonchev–Trinajstić information content (AvgIpc) is 3.62. The lowest BCUT2D eigenvalue weighted by molar-refractivity contribution is -0.138. The van der Waals surface area contributed by atoms with E-state index in [2.05, 4.69) is 47.4 Å². The van der Waals surface area contributed by atoms with Crippen LogP contribution in [-0.4, -0.2) is 49.1 Å². The normalized spacial score (nSPS) is 20.0. The van der Waals surface area contributed by atoms with E-state index < -0.39 is 10.0 Å². The first-order chi connectivity index (χ1) is 15.8. The Bertz CT molecular complexity index is 1180. The molecule has 1 saturated heterocycles. The molecule has 0 atom stereocenters. The number of rotatable bonds is 5. The number of sulfonamides is 1. The molecule has 2 aliphatic heterocycles. The molecule has 174 valence electrons. The average molecular weight is 466 g/mol. The van der Waals surface area contributed by atoms with Crippen molar-refractivity contribution in [3.63, 3.8) is 0 Å². The summed E-state index contributed by atoms with van der Waals surface area (Å²) in [4.78, 5) is 17.9. The maximum absolute atomic E-state index is 13.5. The van der Waals surface area contributed by atoms with Crippen LogP contribution < -0.4 is 0 Å². The Labute approximate surface area is 196 Å². The number of hydrogen-bond donors (Lipinski definition) is 0. The van der Waals surface area contributed by atoms with Crippen molar-refractivity contribution in [2.24, 2.45) is 10.3 Å². The third-order valence-electron chi connectivity index (χ3n) is 7.03. The van der Waals surface area contributed by atoms with Gasteiger partial charge in [-0.25, -0.2) is 0 Å². The van der Waals surface area contributed by atoms with E-state index in [-0.39, 0.29) is 16.7 Å². The Kier molecular flexibility index (Phi) is 5.77. The first-order valence-electron chi connectivity index (χ1n) is 11.9. The van der Waals surface area contributed by atoms with Gasteiger partial charge in [0.15, 0.2) is 5.84 Å². The Morgan fingerprint density at radius 2 is 1.70 bits per heavy atom. The van der Waals surface area contributed by atoms with Crippen LogP contribution in [0, 0.1) is 5.92 Å². The third kappa shape index (κ3) is 4.43. The molecule has 7 heteroatoms. The second-order valence-electron chi connectivity index (χ2n) is 9.74. The highest BCUT2D eigenvalue weighted by Crippen LogP contribution is 2.34. The fraction of sp³-hybridized carbons (Fsp3) is 0.462. The van der Waals surface area contributed by atoms with Crippen molar-refractivity contribution in [2.45, 2.75) is 62.9 Å². The lowest BCUT2D eigenvalue weighted by Gasteiger charge is -2.35. The summed E-state index contributed by atoms with van der Waals surface area (Å²) in [5.74, 6) is 1.25. The van der Waals surface area contributed by atoms with Gasteiger partial charge in [0.1, 0.15) is 4.90 Å². The molecule has 0 bridgehead atoms. The largest absolute Gasteiger partial charge is 0.355 e. The molecule has 0 N–H and O–H groups in total. The van der Waals surface area contributed by atoms with Crippen LogP contribution in [0.3, 0.4) is 0 Å². The Morgan fingerprint density at radius 1 is 1.03 bits per heavy atom.